The molecule has 3 nitrogen and oxygen atoms in total. The average Bonchev–Trinajstić information content (AvgIpc) is 3.10. The lowest BCUT2D eigenvalue weighted by Crippen LogP contribution is -2.16. The summed E-state index contributed by atoms with van der Waals surface area (Å²) in [6.07, 6.45) is 4.60. The smallest absolute Gasteiger partial charge is 0.194 e. The number of nitrogens with one attached hydrogen (secondary N) is 1. The number of rotatable bonds is 5. The summed E-state index contributed by atoms with van der Waals surface area (Å²) in [5, 5.41) is 6.60. The van der Waals surface area contributed by atoms with Crippen LogP contribution in [-0.2, 0) is 6.54 Å². The molecule has 2 heterocycles. The summed E-state index contributed by atoms with van der Waals surface area (Å²) in [6.45, 7) is 0.825. The third-order valence-corrected chi connectivity index (χ3v) is 5.27. The lowest BCUT2D eigenvalue weighted by molar-refractivity contribution is 0.626. The summed E-state index contributed by atoms with van der Waals surface area (Å²) in [7, 11) is 0. The highest BCUT2D eigenvalue weighted by Gasteiger charge is 2.22. The average molecular weight is 319 g/mol. The largest absolute Gasteiger partial charge is 0.308 e. The molecule has 1 aliphatic carbocycles. The maximum absolute atomic E-state index is 13.0. The van der Waals surface area contributed by atoms with Gasteiger partial charge in [0.25, 0.3) is 0 Å². The maximum Gasteiger partial charge on any atom is 0.194 e. The van der Waals surface area contributed by atoms with Gasteiger partial charge in [-0.25, -0.2) is 9.37 Å². The number of benzene rings is 1. The molecule has 1 N–H and O–H groups in total. The predicted molar refractivity (Wildman–Crippen MR) is 83.5 cm³/mol. The molecule has 108 valence electrons. The number of halogens is 1. The predicted octanol–water partition coefficient (Wildman–Crippen LogP) is 3.94. The number of hydrogen-bond acceptors (Lipinski definition) is 4. The normalized spacial score (nSPS) is 14.9. The second-order valence-electron chi connectivity index (χ2n) is 5.13. The molecule has 1 aliphatic rings. The lowest BCUT2D eigenvalue weighted by Gasteiger charge is -2.05. The van der Waals surface area contributed by atoms with E-state index in [9.17, 15) is 4.39 Å². The molecule has 0 atom stereocenters. The van der Waals surface area contributed by atoms with Crippen molar-refractivity contribution in [2.24, 2.45) is 0 Å². The van der Waals surface area contributed by atoms with Crippen LogP contribution in [0.25, 0.3) is 4.96 Å². The first kappa shape index (κ1) is 13.3. The fraction of sp³-hybridized carbons (Fsp3) is 0.267. The van der Waals surface area contributed by atoms with E-state index in [4.69, 9.17) is 4.98 Å². The highest BCUT2D eigenvalue weighted by Crippen LogP contribution is 2.32. The highest BCUT2D eigenvalue weighted by molar-refractivity contribution is 7.99. The standard InChI is InChI=1S/C15H14FN3S2/c16-10-1-5-12(6-2-10)21-14-13(9-17-11-3-4-11)19-7-8-20-15(19)18-14/h1-2,5-8,11,17H,3-4,9H2. The second kappa shape index (κ2) is 5.44. The molecule has 0 spiro atoms. The number of hydrogen-bond donors (Lipinski definition) is 1. The van der Waals surface area contributed by atoms with Crippen molar-refractivity contribution < 1.29 is 4.39 Å². The lowest BCUT2D eigenvalue weighted by atomic mass is 10.4. The van der Waals surface area contributed by atoms with Gasteiger partial charge in [0.2, 0.25) is 0 Å². The van der Waals surface area contributed by atoms with Gasteiger partial charge in [-0.15, -0.1) is 11.3 Å². The van der Waals surface area contributed by atoms with E-state index in [1.807, 2.05) is 0 Å². The Hall–Kier alpha value is -1.37. The number of fused-ring (bicyclic) bond motifs is 1. The monoisotopic (exact) mass is 319 g/mol. The third kappa shape index (κ3) is 2.84. The minimum atomic E-state index is -0.208. The first-order valence-corrected chi connectivity index (χ1v) is 8.60. The molecule has 0 radical (unpaired) electrons. The quantitative estimate of drug-likeness (QED) is 0.772. The Labute approximate surface area is 130 Å². The van der Waals surface area contributed by atoms with Gasteiger partial charge in [0.15, 0.2) is 4.96 Å². The van der Waals surface area contributed by atoms with Crippen LogP contribution >= 0.6 is 23.1 Å². The molecule has 0 unspecified atom stereocenters. The molecule has 0 saturated heterocycles. The number of imidazole rings is 1. The highest BCUT2D eigenvalue weighted by atomic mass is 32.2. The van der Waals surface area contributed by atoms with Crippen molar-refractivity contribution >= 4 is 28.1 Å². The second-order valence-corrected chi connectivity index (χ2v) is 7.07. The fourth-order valence-corrected chi connectivity index (χ4v) is 3.90. The van der Waals surface area contributed by atoms with Gasteiger partial charge in [-0.3, -0.25) is 4.40 Å². The molecule has 1 aromatic carbocycles. The molecule has 1 saturated carbocycles. The minimum Gasteiger partial charge on any atom is -0.308 e. The molecule has 1 fully saturated rings. The first-order chi connectivity index (χ1) is 10.3. The Balaban J connectivity index is 1.64. The molecule has 2 aromatic heterocycles. The van der Waals surface area contributed by atoms with Gasteiger partial charge in [0.05, 0.1) is 5.69 Å². The van der Waals surface area contributed by atoms with Gasteiger partial charge in [-0.1, -0.05) is 11.8 Å². The van der Waals surface area contributed by atoms with Crippen LogP contribution in [0.2, 0.25) is 0 Å². The zero-order valence-electron chi connectivity index (χ0n) is 11.3. The van der Waals surface area contributed by atoms with Crippen molar-refractivity contribution in [1.29, 1.82) is 0 Å². The van der Waals surface area contributed by atoms with E-state index in [1.54, 1.807) is 35.2 Å². The molecule has 4 rings (SSSR count). The molecule has 6 heteroatoms. The molecule has 0 amide bonds. The molecular formula is C15H14FN3S2. The van der Waals surface area contributed by atoms with Gasteiger partial charge < -0.3 is 5.32 Å². The molecule has 21 heavy (non-hydrogen) atoms. The number of thiazole rings is 1. The summed E-state index contributed by atoms with van der Waals surface area (Å²) in [5.74, 6) is -0.208. The maximum atomic E-state index is 13.0. The van der Waals surface area contributed by atoms with Crippen LogP contribution < -0.4 is 5.32 Å². The van der Waals surface area contributed by atoms with E-state index in [2.05, 4.69) is 21.3 Å². The van der Waals surface area contributed by atoms with Crippen LogP contribution in [0.3, 0.4) is 0 Å². The summed E-state index contributed by atoms with van der Waals surface area (Å²) in [6, 6.07) is 7.24. The van der Waals surface area contributed by atoms with Crippen molar-refractivity contribution in [1.82, 2.24) is 14.7 Å². The van der Waals surface area contributed by atoms with Gasteiger partial charge in [-0.05, 0) is 37.1 Å². The summed E-state index contributed by atoms with van der Waals surface area (Å²) < 4.78 is 15.1. The Kier molecular flexibility index (Phi) is 3.45. The van der Waals surface area contributed by atoms with Crippen molar-refractivity contribution in [3.8, 4) is 0 Å². The summed E-state index contributed by atoms with van der Waals surface area (Å²) >= 11 is 3.23. The Morgan fingerprint density at radius 2 is 2.14 bits per heavy atom. The molecule has 0 bridgehead atoms. The van der Waals surface area contributed by atoms with Crippen molar-refractivity contribution in [3.05, 3.63) is 47.4 Å². The fourth-order valence-electron chi connectivity index (χ4n) is 2.20. The number of nitrogens with zero attached hydrogens (tertiary/aromatic N) is 2. The van der Waals surface area contributed by atoms with E-state index in [1.165, 1.54) is 30.7 Å². The molecule has 0 aliphatic heterocycles. The van der Waals surface area contributed by atoms with Crippen LogP contribution in [0, 0.1) is 5.82 Å². The number of aromatic nitrogens is 2. The van der Waals surface area contributed by atoms with Gasteiger partial charge in [0.1, 0.15) is 10.8 Å². The zero-order chi connectivity index (χ0) is 14.2. The Morgan fingerprint density at radius 1 is 1.33 bits per heavy atom. The van der Waals surface area contributed by atoms with Crippen LogP contribution in [0.4, 0.5) is 4.39 Å². The van der Waals surface area contributed by atoms with Crippen LogP contribution in [0.1, 0.15) is 18.5 Å². The van der Waals surface area contributed by atoms with E-state index in [0.29, 0.717) is 6.04 Å². The summed E-state index contributed by atoms with van der Waals surface area (Å²) in [5.41, 5.74) is 1.19. The molecule has 3 aromatic rings. The van der Waals surface area contributed by atoms with E-state index in [0.717, 1.165) is 21.4 Å². The van der Waals surface area contributed by atoms with E-state index in [-0.39, 0.29) is 5.82 Å². The van der Waals surface area contributed by atoms with Gasteiger partial charge in [0, 0.05) is 29.1 Å². The third-order valence-electron chi connectivity index (χ3n) is 3.49. The van der Waals surface area contributed by atoms with Crippen LogP contribution in [-0.4, -0.2) is 15.4 Å². The topological polar surface area (TPSA) is 29.3 Å². The minimum absolute atomic E-state index is 0.208. The van der Waals surface area contributed by atoms with Gasteiger partial charge >= 0.3 is 0 Å². The van der Waals surface area contributed by atoms with Crippen LogP contribution in [0.15, 0.2) is 45.8 Å². The van der Waals surface area contributed by atoms with Crippen molar-refractivity contribution in [2.75, 3.05) is 0 Å². The van der Waals surface area contributed by atoms with E-state index < -0.39 is 0 Å². The van der Waals surface area contributed by atoms with E-state index >= 15 is 0 Å². The van der Waals surface area contributed by atoms with Crippen LogP contribution in [0.5, 0.6) is 0 Å². The SMILES string of the molecule is Fc1ccc(Sc2nc3sccn3c2CNC2CC2)cc1. The zero-order valence-corrected chi connectivity index (χ0v) is 12.9. The van der Waals surface area contributed by atoms with Gasteiger partial charge in [-0.2, -0.15) is 0 Å². The summed E-state index contributed by atoms with van der Waals surface area (Å²) in [4.78, 5) is 6.72. The Morgan fingerprint density at radius 3 is 2.90 bits per heavy atom. The molecular weight excluding hydrogens is 305 g/mol. The van der Waals surface area contributed by atoms with Crippen molar-refractivity contribution in [3.63, 3.8) is 0 Å². The van der Waals surface area contributed by atoms with Crippen molar-refractivity contribution in [2.45, 2.75) is 35.3 Å². The first-order valence-electron chi connectivity index (χ1n) is 6.91. The Bertz CT molecular complexity index is 759.